The Kier molecular flexibility index (Phi) is 24.1. The minimum Gasteiger partial charge on any atom is -1.00 e. The number of carbonyl (C=O) groups is 1. The molecule has 1 N–H and O–H groups in total. The normalized spacial score (nSPS) is 9.91. The van der Waals surface area contributed by atoms with Crippen molar-refractivity contribution in [2.24, 2.45) is 0 Å². The van der Waals surface area contributed by atoms with E-state index in [1.165, 1.54) is 83.5 Å². The summed E-state index contributed by atoms with van der Waals surface area (Å²) in [5, 5.41) is 10.4. The van der Waals surface area contributed by atoms with E-state index in [0.29, 0.717) is 6.42 Å². The first-order valence-corrected chi connectivity index (χ1v) is 9.49. The molecule has 0 saturated carbocycles. The molecule has 0 spiro atoms. The average molecular weight is 333 g/mol. The van der Waals surface area contributed by atoms with Crippen LogP contribution in [0.5, 0.6) is 0 Å². The molecule has 0 aromatic carbocycles. The number of nitriles is 1. The third-order valence-corrected chi connectivity index (χ3v) is 4.20. The molecule has 0 fully saturated rings. The van der Waals surface area contributed by atoms with Crippen molar-refractivity contribution in [3.05, 3.63) is 0 Å². The Balaban J connectivity index is -0.00000220. The summed E-state index contributed by atoms with van der Waals surface area (Å²) < 4.78 is 0. The van der Waals surface area contributed by atoms with Crippen LogP contribution in [0.2, 0.25) is 0 Å². The third kappa shape index (κ3) is 22.0. The molecule has 0 heterocycles. The number of hydrogen-bond donors (Lipinski definition) is 1. The maximum Gasteiger partial charge on any atom is 1.00 e. The fraction of sp³-hybridized carbons (Fsp3) is 0.895. The van der Waals surface area contributed by atoms with Gasteiger partial charge in [-0.05, 0) is 6.42 Å². The Morgan fingerprint density at radius 1 is 0.783 bits per heavy atom. The second-order valence-corrected chi connectivity index (χ2v) is 6.36. The first-order chi connectivity index (χ1) is 10.8. The summed E-state index contributed by atoms with van der Waals surface area (Å²) in [7, 11) is 0. The van der Waals surface area contributed by atoms with Crippen LogP contribution in [-0.4, -0.2) is 5.91 Å². The average Bonchev–Trinajstić information content (AvgIpc) is 2.51. The minimum atomic E-state index is -0.141. The molecule has 130 valence electrons. The summed E-state index contributed by atoms with van der Waals surface area (Å²) in [5.74, 6) is -0.141. The van der Waals surface area contributed by atoms with E-state index in [2.05, 4.69) is 12.2 Å². The number of carbonyl (C=O) groups excluding carboxylic acids is 1. The van der Waals surface area contributed by atoms with E-state index in [-0.39, 0.29) is 36.9 Å². The molecule has 0 unspecified atom stereocenters. The molecule has 0 radical (unpaired) electrons. The first-order valence-electron chi connectivity index (χ1n) is 9.49. The summed E-state index contributed by atoms with van der Waals surface area (Å²) in [6, 6.07) is 0. The maximum absolute atomic E-state index is 11.0. The van der Waals surface area contributed by atoms with Crippen molar-refractivity contribution in [1.29, 1.82) is 5.26 Å². The van der Waals surface area contributed by atoms with Gasteiger partial charge in [0, 0.05) is 6.42 Å². The van der Waals surface area contributed by atoms with Gasteiger partial charge in [0.15, 0.2) is 6.19 Å². The Morgan fingerprint density at radius 3 is 1.48 bits per heavy atom. The fourth-order valence-corrected chi connectivity index (χ4v) is 2.78. The quantitative estimate of drug-likeness (QED) is 0.204. The molecule has 0 aromatic rings. The molecule has 0 bridgehead atoms. The summed E-state index contributed by atoms with van der Waals surface area (Å²) in [6.07, 6.45) is 22.1. The van der Waals surface area contributed by atoms with Gasteiger partial charge in [0.05, 0.1) is 0 Å². The molecule has 0 atom stereocenters. The zero-order valence-corrected chi connectivity index (χ0v) is 17.7. The number of hydrogen-bond acceptors (Lipinski definition) is 2. The molecule has 23 heavy (non-hydrogen) atoms. The van der Waals surface area contributed by atoms with Gasteiger partial charge in [0.25, 0.3) is 0 Å². The van der Waals surface area contributed by atoms with Gasteiger partial charge in [-0.3, -0.25) is 10.1 Å². The van der Waals surface area contributed by atoms with Gasteiger partial charge in [-0.15, -0.1) is 0 Å². The predicted molar refractivity (Wildman–Crippen MR) is 94.4 cm³/mol. The third-order valence-electron chi connectivity index (χ3n) is 4.20. The molecule has 0 aliphatic rings. The molecule has 0 aromatic heterocycles. The molecule has 1 amide bonds. The van der Waals surface area contributed by atoms with E-state index in [1.807, 2.05) is 0 Å². The van der Waals surface area contributed by atoms with Crippen molar-refractivity contribution in [2.75, 3.05) is 0 Å². The van der Waals surface area contributed by atoms with Crippen molar-refractivity contribution in [3.8, 4) is 6.19 Å². The summed E-state index contributed by atoms with van der Waals surface area (Å²) in [6.45, 7) is 2.27. The Bertz CT molecular complexity index is 296. The minimum absolute atomic E-state index is 0. The van der Waals surface area contributed by atoms with Gasteiger partial charge in [-0.1, -0.05) is 96.8 Å². The molecule has 0 aliphatic heterocycles. The molecule has 0 rings (SSSR count). The summed E-state index contributed by atoms with van der Waals surface area (Å²) >= 11 is 0. The monoisotopic (exact) mass is 332 g/mol. The van der Waals surface area contributed by atoms with Crippen LogP contribution >= 0.6 is 0 Å². The number of unbranched alkanes of at least 4 members (excludes halogenated alkanes) is 14. The molecule has 3 nitrogen and oxygen atoms in total. The van der Waals surface area contributed by atoms with E-state index in [9.17, 15) is 4.79 Å². The number of rotatable bonds is 16. The zero-order valence-electron chi connectivity index (χ0n) is 16.7. The van der Waals surface area contributed by atoms with E-state index < -0.39 is 0 Å². The number of amides is 1. The van der Waals surface area contributed by atoms with Crippen molar-refractivity contribution in [2.45, 2.75) is 110 Å². The molecule has 0 saturated heterocycles. The van der Waals surface area contributed by atoms with E-state index in [0.717, 1.165) is 12.8 Å². The van der Waals surface area contributed by atoms with Crippen LogP contribution in [-0.2, 0) is 4.79 Å². The van der Waals surface area contributed by atoms with Gasteiger partial charge < -0.3 is 1.43 Å². The van der Waals surface area contributed by atoms with Crippen LogP contribution in [0, 0.1) is 11.5 Å². The first kappa shape index (κ1) is 25.2. The standard InChI is InChI=1S/C19H36N2O.Na.H/c1-2-3-4-5-6-7-8-9-10-11-12-13-14-15-16-17-19(22)21-18-20;;/h2-17H2,1H3,(H,21,22);;/q;+1;-1. The number of nitrogens with one attached hydrogen (secondary N) is 1. The maximum atomic E-state index is 11.0. The van der Waals surface area contributed by atoms with Crippen molar-refractivity contribution in [3.63, 3.8) is 0 Å². The van der Waals surface area contributed by atoms with Crippen molar-refractivity contribution < 1.29 is 35.8 Å². The zero-order chi connectivity index (χ0) is 16.3. The fourth-order valence-electron chi connectivity index (χ4n) is 2.78. The Hall–Kier alpha value is -0.0400. The molecule has 4 heteroatoms. The topological polar surface area (TPSA) is 52.9 Å². The largest absolute Gasteiger partial charge is 1.00 e. The Labute approximate surface area is 167 Å². The predicted octanol–water partition coefficient (Wildman–Crippen LogP) is 2.96. The smallest absolute Gasteiger partial charge is 1.00 e. The Morgan fingerprint density at radius 2 is 1.13 bits per heavy atom. The van der Waals surface area contributed by atoms with Crippen LogP contribution in [0.15, 0.2) is 0 Å². The van der Waals surface area contributed by atoms with E-state index >= 15 is 0 Å². The summed E-state index contributed by atoms with van der Waals surface area (Å²) in [5.41, 5.74) is 0. The second-order valence-electron chi connectivity index (χ2n) is 6.36. The van der Waals surface area contributed by atoms with Crippen LogP contribution in [0.4, 0.5) is 0 Å². The van der Waals surface area contributed by atoms with E-state index in [1.54, 1.807) is 6.19 Å². The number of nitrogens with zero attached hydrogens (tertiary/aromatic N) is 1. The molecular weight excluding hydrogens is 295 g/mol. The molecule has 0 aliphatic carbocycles. The van der Waals surface area contributed by atoms with Crippen molar-refractivity contribution in [1.82, 2.24) is 5.32 Å². The van der Waals surface area contributed by atoms with Crippen LogP contribution in [0.25, 0.3) is 0 Å². The van der Waals surface area contributed by atoms with Crippen molar-refractivity contribution >= 4 is 5.91 Å². The van der Waals surface area contributed by atoms with Gasteiger partial charge in [-0.2, -0.15) is 5.26 Å². The van der Waals surface area contributed by atoms with Gasteiger partial charge >= 0.3 is 29.6 Å². The van der Waals surface area contributed by atoms with Crippen LogP contribution < -0.4 is 34.9 Å². The van der Waals surface area contributed by atoms with Gasteiger partial charge in [-0.25, -0.2) is 0 Å². The summed E-state index contributed by atoms with van der Waals surface area (Å²) in [4.78, 5) is 11.0. The van der Waals surface area contributed by atoms with Gasteiger partial charge in [0.2, 0.25) is 5.91 Å². The van der Waals surface area contributed by atoms with Crippen LogP contribution in [0.1, 0.15) is 111 Å². The van der Waals surface area contributed by atoms with E-state index in [4.69, 9.17) is 5.26 Å². The van der Waals surface area contributed by atoms with Crippen LogP contribution in [0.3, 0.4) is 0 Å². The second kappa shape index (κ2) is 22.0. The molecular formula is C19H37N2NaO. The SMILES string of the molecule is CCCCCCCCCCCCCCCCCC(=O)NC#N.[H-].[Na+]. The van der Waals surface area contributed by atoms with Gasteiger partial charge in [0.1, 0.15) is 0 Å².